The lowest BCUT2D eigenvalue weighted by atomic mass is 10.1. The van der Waals surface area contributed by atoms with Gasteiger partial charge >= 0.3 is 12.4 Å². The van der Waals surface area contributed by atoms with E-state index in [0.29, 0.717) is 0 Å². The van der Waals surface area contributed by atoms with Crippen LogP contribution in [-0.4, -0.2) is 18.3 Å². The maximum Gasteiger partial charge on any atom is 0.409 e. The van der Waals surface area contributed by atoms with Crippen LogP contribution in [0.3, 0.4) is 0 Å². The third-order valence-electron chi connectivity index (χ3n) is 1.95. The van der Waals surface area contributed by atoms with Gasteiger partial charge in [0.2, 0.25) is 5.41 Å². The standard InChI is InChI=1S/C5H2F8/c6-3(7)1-2(3,4(8,9)10)5(11,12)13/h1H2. The van der Waals surface area contributed by atoms with Crippen molar-refractivity contribution in [3.63, 3.8) is 0 Å². The average Bonchev–Trinajstić information content (AvgIpc) is 2.30. The van der Waals surface area contributed by atoms with E-state index in [1.165, 1.54) is 0 Å². The highest BCUT2D eigenvalue weighted by molar-refractivity contribution is 5.18. The van der Waals surface area contributed by atoms with Gasteiger partial charge in [-0.25, -0.2) is 8.78 Å². The summed E-state index contributed by atoms with van der Waals surface area (Å²) < 4.78 is 94.1. The normalized spacial score (nSPS) is 25.8. The molecule has 8 heteroatoms. The molecule has 0 aromatic carbocycles. The maximum atomic E-state index is 12.0. The minimum atomic E-state index is -5.95. The third kappa shape index (κ3) is 1.10. The Morgan fingerprint density at radius 2 is 1.00 bits per heavy atom. The Morgan fingerprint density at radius 1 is 0.769 bits per heavy atom. The van der Waals surface area contributed by atoms with Crippen molar-refractivity contribution in [3.8, 4) is 0 Å². The zero-order chi connectivity index (χ0) is 10.7. The fourth-order valence-corrected chi connectivity index (χ4v) is 1.06. The van der Waals surface area contributed by atoms with E-state index in [9.17, 15) is 35.1 Å². The minimum absolute atomic E-state index is 2.20. The SMILES string of the molecule is FC(F)(F)C1(C(F)(F)F)CC1(F)F. The summed E-state index contributed by atoms with van der Waals surface area (Å²) in [5.41, 5.74) is -4.81. The molecule has 0 nitrogen and oxygen atoms in total. The van der Waals surface area contributed by atoms with Crippen LogP contribution in [0.5, 0.6) is 0 Å². The summed E-state index contributed by atoms with van der Waals surface area (Å²) >= 11 is 0. The van der Waals surface area contributed by atoms with E-state index < -0.39 is 30.1 Å². The van der Waals surface area contributed by atoms with Crippen molar-refractivity contribution in [2.75, 3.05) is 0 Å². The topological polar surface area (TPSA) is 0 Å². The minimum Gasteiger partial charge on any atom is -0.205 e. The largest absolute Gasteiger partial charge is 0.409 e. The van der Waals surface area contributed by atoms with Gasteiger partial charge in [0.25, 0.3) is 5.92 Å². The van der Waals surface area contributed by atoms with Crippen LogP contribution in [-0.2, 0) is 0 Å². The highest BCUT2D eigenvalue weighted by Crippen LogP contribution is 2.74. The van der Waals surface area contributed by atoms with Crippen molar-refractivity contribution in [3.05, 3.63) is 0 Å². The van der Waals surface area contributed by atoms with E-state index >= 15 is 0 Å². The molecule has 1 aliphatic rings. The monoisotopic (exact) mass is 214 g/mol. The van der Waals surface area contributed by atoms with Gasteiger partial charge in [-0.1, -0.05) is 0 Å². The molecule has 0 atom stereocenters. The number of rotatable bonds is 0. The summed E-state index contributed by atoms with van der Waals surface area (Å²) in [5, 5.41) is 0. The highest BCUT2D eigenvalue weighted by atomic mass is 19.4. The second-order valence-electron chi connectivity index (χ2n) is 2.78. The molecule has 13 heavy (non-hydrogen) atoms. The van der Waals surface area contributed by atoms with Crippen molar-refractivity contribution in [2.45, 2.75) is 24.7 Å². The smallest absolute Gasteiger partial charge is 0.205 e. The molecule has 0 spiro atoms. The zero-order valence-corrected chi connectivity index (χ0v) is 5.73. The van der Waals surface area contributed by atoms with Crippen LogP contribution in [0.4, 0.5) is 35.1 Å². The fraction of sp³-hybridized carbons (Fsp3) is 1.00. The van der Waals surface area contributed by atoms with E-state index in [-0.39, 0.29) is 0 Å². The fourth-order valence-electron chi connectivity index (χ4n) is 1.06. The van der Waals surface area contributed by atoms with Crippen molar-refractivity contribution >= 4 is 0 Å². The maximum absolute atomic E-state index is 12.0. The van der Waals surface area contributed by atoms with Crippen molar-refractivity contribution < 1.29 is 35.1 Å². The first-order chi connectivity index (χ1) is 5.46. The molecule has 1 saturated carbocycles. The second kappa shape index (κ2) is 2.09. The van der Waals surface area contributed by atoms with Gasteiger partial charge in [-0.2, -0.15) is 26.3 Å². The van der Waals surface area contributed by atoms with E-state index in [0.717, 1.165) is 0 Å². The lowest BCUT2D eigenvalue weighted by Crippen LogP contribution is -2.43. The van der Waals surface area contributed by atoms with Gasteiger partial charge in [0, 0.05) is 6.42 Å². The second-order valence-corrected chi connectivity index (χ2v) is 2.78. The zero-order valence-electron chi connectivity index (χ0n) is 5.73. The first-order valence-electron chi connectivity index (χ1n) is 2.97. The van der Waals surface area contributed by atoms with E-state index in [1.807, 2.05) is 0 Å². The van der Waals surface area contributed by atoms with Crippen LogP contribution < -0.4 is 0 Å². The Kier molecular flexibility index (Phi) is 1.69. The van der Waals surface area contributed by atoms with E-state index in [4.69, 9.17) is 0 Å². The molecule has 78 valence electrons. The predicted molar refractivity (Wildman–Crippen MR) is 24.1 cm³/mol. The first kappa shape index (κ1) is 10.5. The van der Waals surface area contributed by atoms with Gasteiger partial charge < -0.3 is 0 Å². The lowest BCUT2D eigenvalue weighted by molar-refractivity contribution is -0.321. The van der Waals surface area contributed by atoms with Crippen molar-refractivity contribution in [2.24, 2.45) is 5.41 Å². The van der Waals surface area contributed by atoms with Crippen LogP contribution in [0.15, 0.2) is 0 Å². The van der Waals surface area contributed by atoms with Gasteiger partial charge in [-0.05, 0) is 0 Å². The van der Waals surface area contributed by atoms with Gasteiger partial charge in [-0.3, -0.25) is 0 Å². The first-order valence-corrected chi connectivity index (χ1v) is 2.97. The Morgan fingerprint density at radius 3 is 1.00 bits per heavy atom. The summed E-state index contributed by atoms with van der Waals surface area (Å²) in [6, 6.07) is 0. The summed E-state index contributed by atoms with van der Waals surface area (Å²) in [6.45, 7) is 0. The van der Waals surface area contributed by atoms with Crippen LogP contribution >= 0.6 is 0 Å². The van der Waals surface area contributed by atoms with Crippen molar-refractivity contribution in [1.82, 2.24) is 0 Å². The Bertz CT molecular complexity index is 206. The molecule has 0 N–H and O–H groups in total. The molecule has 0 aromatic heterocycles. The number of hydrogen-bond donors (Lipinski definition) is 0. The van der Waals surface area contributed by atoms with Gasteiger partial charge in [0.05, 0.1) is 0 Å². The lowest BCUT2D eigenvalue weighted by Gasteiger charge is -2.22. The van der Waals surface area contributed by atoms with Gasteiger partial charge in [0.1, 0.15) is 0 Å². The molecule has 0 radical (unpaired) electrons. The van der Waals surface area contributed by atoms with Gasteiger partial charge in [0.15, 0.2) is 0 Å². The van der Waals surface area contributed by atoms with Crippen LogP contribution in [0.1, 0.15) is 6.42 Å². The quantitative estimate of drug-likeness (QED) is 0.543. The molecule has 1 aliphatic carbocycles. The molecule has 1 rings (SSSR count). The number of hydrogen-bond acceptors (Lipinski definition) is 0. The number of halogens is 8. The Hall–Kier alpha value is -0.560. The summed E-state index contributed by atoms with van der Waals surface area (Å²) in [4.78, 5) is 0. The molecule has 0 aromatic rings. The Balaban J connectivity index is 3.10. The average molecular weight is 214 g/mol. The van der Waals surface area contributed by atoms with Crippen molar-refractivity contribution in [1.29, 1.82) is 0 Å². The van der Waals surface area contributed by atoms with Crippen LogP contribution in [0.25, 0.3) is 0 Å². The molecular weight excluding hydrogens is 212 g/mol. The molecule has 0 unspecified atom stereocenters. The molecule has 0 heterocycles. The Labute approximate surface area is 66.5 Å². The predicted octanol–water partition coefficient (Wildman–Crippen LogP) is 3.14. The molecule has 0 saturated heterocycles. The van der Waals surface area contributed by atoms with E-state index in [2.05, 4.69) is 0 Å². The van der Waals surface area contributed by atoms with Crippen LogP contribution in [0, 0.1) is 5.41 Å². The van der Waals surface area contributed by atoms with Gasteiger partial charge in [-0.15, -0.1) is 0 Å². The molecule has 0 aliphatic heterocycles. The third-order valence-corrected chi connectivity index (χ3v) is 1.95. The molecule has 0 bridgehead atoms. The van der Waals surface area contributed by atoms with Crippen LogP contribution in [0.2, 0.25) is 0 Å². The molecular formula is C5H2F8. The molecule has 0 amide bonds. The number of alkyl halides is 8. The summed E-state index contributed by atoms with van der Waals surface area (Å²) in [5.74, 6) is -4.72. The highest BCUT2D eigenvalue weighted by Gasteiger charge is 2.94. The summed E-state index contributed by atoms with van der Waals surface area (Å²) in [7, 11) is 0. The summed E-state index contributed by atoms with van der Waals surface area (Å²) in [6.07, 6.45) is -14.1. The molecule has 1 fully saturated rings. The van der Waals surface area contributed by atoms with E-state index in [1.54, 1.807) is 0 Å².